The SMILES string of the molecule is CSCCNCCP(c1ccccc1)c1ccccc1. The fourth-order valence-corrected chi connectivity index (χ4v) is 4.72. The third-order valence-electron chi connectivity index (χ3n) is 3.13. The first-order valence-corrected chi connectivity index (χ1v) is 9.91. The normalized spacial score (nSPS) is 10.9. The number of nitrogens with one attached hydrogen (secondary N) is 1. The summed E-state index contributed by atoms with van der Waals surface area (Å²) in [5, 5.41) is 6.50. The summed E-state index contributed by atoms with van der Waals surface area (Å²) in [6, 6.07) is 21.8. The third-order valence-corrected chi connectivity index (χ3v) is 6.26. The molecule has 0 saturated carbocycles. The van der Waals surface area contributed by atoms with Crippen LogP contribution in [0.5, 0.6) is 0 Å². The maximum Gasteiger partial charge on any atom is 0.00553 e. The Hall–Kier alpha value is -0.820. The molecular weight excluding hydrogens is 281 g/mol. The molecule has 0 aliphatic rings. The topological polar surface area (TPSA) is 12.0 Å². The molecule has 20 heavy (non-hydrogen) atoms. The molecule has 0 amide bonds. The second kappa shape index (κ2) is 9.18. The lowest BCUT2D eigenvalue weighted by Crippen LogP contribution is -2.24. The zero-order valence-corrected chi connectivity index (χ0v) is 13.7. The van der Waals surface area contributed by atoms with Gasteiger partial charge >= 0.3 is 0 Å². The maximum atomic E-state index is 3.55. The summed E-state index contributed by atoms with van der Waals surface area (Å²) in [5.74, 6) is 1.19. The van der Waals surface area contributed by atoms with E-state index >= 15 is 0 Å². The number of hydrogen-bond donors (Lipinski definition) is 1. The van der Waals surface area contributed by atoms with Crippen LogP contribution in [-0.2, 0) is 0 Å². The van der Waals surface area contributed by atoms with Crippen molar-refractivity contribution in [2.75, 3.05) is 31.3 Å². The van der Waals surface area contributed by atoms with E-state index in [0.29, 0.717) is 0 Å². The van der Waals surface area contributed by atoms with Crippen LogP contribution in [0.15, 0.2) is 60.7 Å². The van der Waals surface area contributed by atoms with Crippen LogP contribution < -0.4 is 15.9 Å². The lowest BCUT2D eigenvalue weighted by atomic mass is 10.4. The van der Waals surface area contributed by atoms with E-state index in [1.54, 1.807) is 0 Å². The van der Waals surface area contributed by atoms with Crippen LogP contribution in [0, 0.1) is 0 Å². The van der Waals surface area contributed by atoms with Gasteiger partial charge in [0.2, 0.25) is 0 Å². The molecule has 2 aromatic rings. The van der Waals surface area contributed by atoms with Gasteiger partial charge in [-0.3, -0.25) is 0 Å². The molecule has 106 valence electrons. The Kier molecular flexibility index (Phi) is 7.14. The lowest BCUT2D eigenvalue weighted by Gasteiger charge is -2.19. The molecule has 0 aromatic heterocycles. The van der Waals surface area contributed by atoms with Crippen molar-refractivity contribution >= 4 is 30.3 Å². The van der Waals surface area contributed by atoms with Gasteiger partial charge in [-0.05, 0) is 37.5 Å². The van der Waals surface area contributed by atoms with Crippen LogP contribution in [0.4, 0.5) is 0 Å². The smallest absolute Gasteiger partial charge is 0.00553 e. The molecule has 0 unspecified atom stereocenters. The Morgan fingerprint density at radius 1 is 0.850 bits per heavy atom. The van der Waals surface area contributed by atoms with Crippen LogP contribution in [0.25, 0.3) is 0 Å². The number of benzene rings is 2. The average molecular weight is 303 g/mol. The highest BCUT2D eigenvalue weighted by molar-refractivity contribution is 7.98. The Morgan fingerprint density at radius 3 is 1.90 bits per heavy atom. The van der Waals surface area contributed by atoms with E-state index in [4.69, 9.17) is 0 Å². The van der Waals surface area contributed by atoms with Gasteiger partial charge in [0.15, 0.2) is 0 Å². The van der Waals surface area contributed by atoms with E-state index in [1.807, 2.05) is 11.8 Å². The standard InChI is InChI=1S/C17H22NPS/c1-20-15-13-18-12-14-19(16-8-4-2-5-9-16)17-10-6-3-7-11-17/h2-11,18H,12-15H2,1H3. The van der Waals surface area contributed by atoms with Crippen LogP contribution >= 0.6 is 19.7 Å². The van der Waals surface area contributed by atoms with Gasteiger partial charge < -0.3 is 5.32 Å². The van der Waals surface area contributed by atoms with E-state index in [2.05, 4.69) is 72.2 Å². The van der Waals surface area contributed by atoms with Gasteiger partial charge in [-0.1, -0.05) is 60.7 Å². The minimum absolute atomic E-state index is 0.241. The highest BCUT2D eigenvalue weighted by Gasteiger charge is 2.12. The maximum absolute atomic E-state index is 3.55. The van der Waals surface area contributed by atoms with Gasteiger partial charge in [-0.25, -0.2) is 0 Å². The molecule has 3 heteroatoms. The molecule has 2 aromatic carbocycles. The van der Waals surface area contributed by atoms with Gasteiger partial charge in [0.1, 0.15) is 0 Å². The lowest BCUT2D eigenvalue weighted by molar-refractivity contribution is 0.773. The number of thioether (sulfide) groups is 1. The van der Waals surface area contributed by atoms with E-state index in [1.165, 1.54) is 22.5 Å². The van der Waals surface area contributed by atoms with Crippen LogP contribution in [0.1, 0.15) is 0 Å². The summed E-state index contributed by atoms with van der Waals surface area (Å²) in [4.78, 5) is 0. The monoisotopic (exact) mass is 303 g/mol. The molecule has 0 saturated heterocycles. The zero-order valence-electron chi connectivity index (χ0n) is 12.0. The minimum atomic E-state index is -0.241. The zero-order chi connectivity index (χ0) is 14.0. The summed E-state index contributed by atoms with van der Waals surface area (Å²) < 4.78 is 0. The summed E-state index contributed by atoms with van der Waals surface area (Å²) in [7, 11) is -0.241. The molecule has 0 radical (unpaired) electrons. The van der Waals surface area contributed by atoms with Crippen molar-refractivity contribution < 1.29 is 0 Å². The van der Waals surface area contributed by atoms with Crippen molar-refractivity contribution in [2.24, 2.45) is 0 Å². The molecule has 2 rings (SSSR count). The first kappa shape index (κ1) is 15.6. The van der Waals surface area contributed by atoms with Gasteiger partial charge in [-0.15, -0.1) is 0 Å². The Labute approximate surface area is 127 Å². The minimum Gasteiger partial charge on any atom is -0.316 e. The van der Waals surface area contributed by atoms with Crippen molar-refractivity contribution in [3.63, 3.8) is 0 Å². The number of hydrogen-bond acceptors (Lipinski definition) is 2. The first-order valence-electron chi connectivity index (χ1n) is 6.99. The second-order valence-electron chi connectivity index (χ2n) is 4.57. The predicted molar refractivity (Wildman–Crippen MR) is 95.2 cm³/mol. The van der Waals surface area contributed by atoms with Crippen LogP contribution in [-0.4, -0.2) is 31.3 Å². The van der Waals surface area contributed by atoms with Gasteiger partial charge in [0.25, 0.3) is 0 Å². The summed E-state index contributed by atoms with van der Waals surface area (Å²) in [6.07, 6.45) is 3.36. The molecular formula is C17H22NPS. The summed E-state index contributed by atoms with van der Waals surface area (Å²) >= 11 is 1.90. The van der Waals surface area contributed by atoms with Gasteiger partial charge in [0, 0.05) is 12.3 Å². The molecule has 0 aliphatic carbocycles. The Balaban J connectivity index is 2.02. The Bertz CT molecular complexity index is 435. The highest BCUT2D eigenvalue weighted by atomic mass is 32.2. The summed E-state index contributed by atoms with van der Waals surface area (Å²) in [6.45, 7) is 2.20. The van der Waals surface area contributed by atoms with Crippen LogP contribution in [0.2, 0.25) is 0 Å². The van der Waals surface area contributed by atoms with Crippen molar-refractivity contribution in [3.8, 4) is 0 Å². The first-order chi connectivity index (χ1) is 9.92. The largest absolute Gasteiger partial charge is 0.316 e. The van der Waals surface area contributed by atoms with Crippen molar-refractivity contribution in [1.82, 2.24) is 5.32 Å². The molecule has 0 bridgehead atoms. The molecule has 1 nitrogen and oxygen atoms in total. The summed E-state index contributed by atoms with van der Waals surface area (Å²) in [5.41, 5.74) is 0. The van der Waals surface area contributed by atoms with Gasteiger partial charge in [-0.2, -0.15) is 11.8 Å². The van der Waals surface area contributed by atoms with Crippen molar-refractivity contribution in [1.29, 1.82) is 0 Å². The Morgan fingerprint density at radius 2 is 1.40 bits per heavy atom. The average Bonchev–Trinajstić information content (AvgIpc) is 2.53. The number of rotatable bonds is 8. The predicted octanol–water partition coefficient (Wildman–Crippen LogP) is 3.07. The van der Waals surface area contributed by atoms with E-state index < -0.39 is 0 Å². The van der Waals surface area contributed by atoms with E-state index in [9.17, 15) is 0 Å². The van der Waals surface area contributed by atoms with E-state index in [0.717, 1.165) is 13.1 Å². The molecule has 0 fully saturated rings. The van der Waals surface area contributed by atoms with Crippen LogP contribution in [0.3, 0.4) is 0 Å². The third kappa shape index (κ3) is 4.94. The quantitative estimate of drug-likeness (QED) is 0.594. The van der Waals surface area contributed by atoms with Crippen molar-refractivity contribution in [2.45, 2.75) is 0 Å². The second-order valence-corrected chi connectivity index (χ2v) is 7.89. The molecule has 0 spiro atoms. The fourth-order valence-electron chi connectivity index (χ4n) is 2.11. The molecule has 0 aliphatic heterocycles. The highest BCUT2D eigenvalue weighted by Crippen LogP contribution is 2.32. The van der Waals surface area contributed by atoms with Gasteiger partial charge in [0.05, 0.1) is 0 Å². The fraction of sp³-hybridized carbons (Fsp3) is 0.294. The molecule has 1 N–H and O–H groups in total. The molecule has 0 heterocycles. The van der Waals surface area contributed by atoms with Crippen molar-refractivity contribution in [3.05, 3.63) is 60.7 Å². The van der Waals surface area contributed by atoms with E-state index in [-0.39, 0.29) is 7.92 Å². The molecule has 0 atom stereocenters.